The first-order chi connectivity index (χ1) is 5.65. The minimum Gasteiger partial charge on any atom is -0.370 e. The summed E-state index contributed by atoms with van der Waals surface area (Å²) < 4.78 is 25.6. The van der Waals surface area contributed by atoms with Crippen molar-refractivity contribution in [3.63, 3.8) is 0 Å². The van der Waals surface area contributed by atoms with Gasteiger partial charge in [0.25, 0.3) is 0 Å². The van der Waals surface area contributed by atoms with Crippen LogP contribution in [0, 0.1) is 18.7 Å². The van der Waals surface area contributed by atoms with Crippen molar-refractivity contribution in [3.05, 3.63) is 23.4 Å². The molecular formula is C8H10F2N2. The molecule has 0 saturated carbocycles. The highest BCUT2D eigenvalue weighted by Gasteiger charge is 2.06. The Bertz CT molecular complexity index is 263. The molecule has 66 valence electrons. The first kappa shape index (κ1) is 8.90. The highest BCUT2D eigenvalue weighted by atomic mass is 19.1. The summed E-state index contributed by atoms with van der Waals surface area (Å²) in [5, 5.41) is 2.73. The first-order valence-electron chi connectivity index (χ1n) is 3.71. The molecule has 12 heavy (non-hydrogen) atoms. The number of nitrogens with one attached hydrogen (secondary N) is 1. The summed E-state index contributed by atoms with van der Waals surface area (Å²) in [7, 11) is 0. The Morgan fingerprint density at radius 2 is 2.17 bits per heavy atom. The first-order valence-corrected chi connectivity index (χ1v) is 3.71. The summed E-state index contributed by atoms with van der Waals surface area (Å²) >= 11 is 0. The van der Waals surface area contributed by atoms with E-state index in [2.05, 4.69) is 10.3 Å². The number of hydrogen-bond donors (Lipinski definition) is 1. The highest BCUT2D eigenvalue weighted by Crippen LogP contribution is 2.13. The second-order valence-corrected chi connectivity index (χ2v) is 2.44. The molecule has 1 aromatic heterocycles. The molecule has 1 N–H and O–H groups in total. The molecule has 0 atom stereocenters. The quantitative estimate of drug-likeness (QED) is 0.691. The molecule has 0 radical (unpaired) electrons. The van der Waals surface area contributed by atoms with Gasteiger partial charge in [-0.15, -0.1) is 0 Å². The zero-order chi connectivity index (χ0) is 9.14. The van der Waals surface area contributed by atoms with Crippen molar-refractivity contribution >= 4 is 5.82 Å². The summed E-state index contributed by atoms with van der Waals surface area (Å²) in [6.45, 7) is 3.78. The lowest BCUT2D eigenvalue weighted by atomic mass is 10.3. The van der Waals surface area contributed by atoms with E-state index in [0.717, 1.165) is 0 Å². The molecule has 0 aliphatic heterocycles. The Kier molecular flexibility index (Phi) is 2.58. The standard InChI is InChI=1S/C8H10F2N2/c1-3-11-7-4-6(9)5(2)8(10)12-7/h4H,3H2,1-2H3,(H,11,12). The van der Waals surface area contributed by atoms with Crippen LogP contribution in [0.5, 0.6) is 0 Å². The number of nitrogens with zero attached hydrogens (tertiary/aromatic N) is 1. The van der Waals surface area contributed by atoms with Crippen molar-refractivity contribution in [1.82, 2.24) is 4.98 Å². The Hall–Kier alpha value is -1.19. The van der Waals surface area contributed by atoms with Gasteiger partial charge in [0.05, 0.1) is 0 Å². The fraction of sp³-hybridized carbons (Fsp3) is 0.375. The van der Waals surface area contributed by atoms with Crippen LogP contribution in [0.25, 0.3) is 0 Å². The van der Waals surface area contributed by atoms with Crippen LogP contribution in [0.15, 0.2) is 6.07 Å². The van der Waals surface area contributed by atoms with E-state index < -0.39 is 11.8 Å². The molecule has 0 spiro atoms. The van der Waals surface area contributed by atoms with E-state index in [1.54, 1.807) is 0 Å². The van der Waals surface area contributed by atoms with Gasteiger partial charge in [-0.25, -0.2) is 9.37 Å². The van der Waals surface area contributed by atoms with Crippen LogP contribution < -0.4 is 5.32 Å². The van der Waals surface area contributed by atoms with Crippen molar-refractivity contribution in [2.24, 2.45) is 0 Å². The number of rotatable bonds is 2. The maximum absolute atomic E-state index is 12.8. The topological polar surface area (TPSA) is 24.9 Å². The molecule has 1 heterocycles. The Morgan fingerprint density at radius 3 is 2.67 bits per heavy atom. The number of anilines is 1. The second-order valence-electron chi connectivity index (χ2n) is 2.44. The number of halogens is 2. The van der Waals surface area contributed by atoms with Crippen LogP contribution in [-0.4, -0.2) is 11.5 Å². The molecule has 0 unspecified atom stereocenters. The molecular weight excluding hydrogens is 162 g/mol. The monoisotopic (exact) mass is 172 g/mol. The van der Waals surface area contributed by atoms with E-state index in [4.69, 9.17) is 0 Å². The Labute approximate surface area is 69.6 Å². The fourth-order valence-corrected chi connectivity index (χ4v) is 0.820. The molecule has 0 saturated heterocycles. The lowest BCUT2D eigenvalue weighted by Gasteiger charge is -2.03. The van der Waals surface area contributed by atoms with E-state index in [1.807, 2.05) is 6.92 Å². The van der Waals surface area contributed by atoms with E-state index in [9.17, 15) is 8.78 Å². The summed E-state index contributed by atoms with van der Waals surface area (Å²) in [6.07, 6.45) is 0. The zero-order valence-electron chi connectivity index (χ0n) is 6.99. The van der Waals surface area contributed by atoms with Crippen molar-refractivity contribution in [1.29, 1.82) is 0 Å². The van der Waals surface area contributed by atoms with E-state index >= 15 is 0 Å². The van der Waals surface area contributed by atoms with Crippen molar-refractivity contribution in [2.75, 3.05) is 11.9 Å². The van der Waals surface area contributed by atoms with Crippen LogP contribution in [0.1, 0.15) is 12.5 Å². The normalized spacial score (nSPS) is 10.0. The van der Waals surface area contributed by atoms with Gasteiger partial charge in [0.15, 0.2) is 0 Å². The number of aromatic nitrogens is 1. The van der Waals surface area contributed by atoms with Crippen molar-refractivity contribution in [2.45, 2.75) is 13.8 Å². The van der Waals surface area contributed by atoms with Crippen LogP contribution in [-0.2, 0) is 0 Å². The third-order valence-electron chi connectivity index (χ3n) is 1.51. The third-order valence-corrected chi connectivity index (χ3v) is 1.51. The molecule has 0 aromatic carbocycles. The average Bonchev–Trinajstić information content (AvgIpc) is 2.01. The van der Waals surface area contributed by atoms with Gasteiger partial charge < -0.3 is 5.32 Å². The van der Waals surface area contributed by atoms with E-state index in [0.29, 0.717) is 6.54 Å². The van der Waals surface area contributed by atoms with Gasteiger partial charge in [0.1, 0.15) is 11.6 Å². The summed E-state index contributed by atoms with van der Waals surface area (Å²) in [4.78, 5) is 3.51. The second kappa shape index (κ2) is 3.47. The smallest absolute Gasteiger partial charge is 0.220 e. The zero-order valence-corrected chi connectivity index (χ0v) is 6.99. The van der Waals surface area contributed by atoms with Gasteiger partial charge in [-0.3, -0.25) is 0 Å². The Balaban J connectivity index is 3.04. The lowest BCUT2D eigenvalue weighted by molar-refractivity contribution is 0.539. The molecule has 1 rings (SSSR count). The third kappa shape index (κ3) is 1.69. The Morgan fingerprint density at radius 1 is 1.50 bits per heavy atom. The fourth-order valence-electron chi connectivity index (χ4n) is 0.820. The SMILES string of the molecule is CCNc1cc(F)c(C)c(F)n1. The number of pyridine rings is 1. The molecule has 0 aliphatic rings. The van der Waals surface area contributed by atoms with E-state index in [-0.39, 0.29) is 11.4 Å². The summed E-state index contributed by atoms with van der Waals surface area (Å²) in [6, 6.07) is 1.18. The summed E-state index contributed by atoms with van der Waals surface area (Å²) in [5.41, 5.74) is -0.0448. The van der Waals surface area contributed by atoms with Crippen LogP contribution in [0.2, 0.25) is 0 Å². The van der Waals surface area contributed by atoms with E-state index in [1.165, 1.54) is 13.0 Å². The van der Waals surface area contributed by atoms with Gasteiger partial charge in [-0.05, 0) is 13.8 Å². The molecule has 1 aromatic rings. The average molecular weight is 172 g/mol. The number of hydrogen-bond acceptors (Lipinski definition) is 2. The van der Waals surface area contributed by atoms with Crippen molar-refractivity contribution < 1.29 is 8.78 Å². The summed E-state index contributed by atoms with van der Waals surface area (Å²) in [5.74, 6) is -1.09. The molecule has 0 fully saturated rings. The van der Waals surface area contributed by atoms with Gasteiger partial charge in [0, 0.05) is 18.2 Å². The molecule has 2 nitrogen and oxygen atoms in total. The highest BCUT2D eigenvalue weighted by molar-refractivity contribution is 5.36. The van der Waals surface area contributed by atoms with Gasteiger partial charge >= 0.3 is 0 Å². The minimum atomic E-state index is -0.758. The van der Waals surface area contributed by atoms with Crippen LogP contribution in [0.4, 0.5) is 14.6 Å². The molecule has 0 aliphatic carbocycles. The minimum absolute atomic E-state index is 0.0448. The van der Waals surface area contributed by atoms with Gasteiger partial charge in [-0.1, -0.05) is 0 Å². The van der Waals surface area contributed by atoms with Gasteiger partial charge in [0.2, 0.25) is 5.95 Å². The molecule has 0 amide bonds. The molecule has 0 bridgehead atoms. The maximum atomic E-state index is 12.8. The predicted molar refractivity (Wildman–Crippen MR) is 43.1 cm³/mol. The van der Waals surface area contributed by atoms with Crippen molar-refractivity contribution in [3.8, 4) is 0 Å². The largest absolute Gasteiger partial charge is 0.370 e. The van der Waals surface area contributed by atoms with Crippen LogP contribution in [0.3, 0.4) is 0 Å². The molecule has 4 heteroatoms. The maximum Gasteiger partial charge on any atom is 0.220 e. The van der Waals surface area contributed by atoms with Crippen LogP contribution >= 0.6 is 0 Å². The van der Waals surface area contributed by atoms with Gasteiger partial charge in [-0.2, -0.15) is 4.39 Å². The predicted octanol–water partition coefficient (Wildman–Crippen LogP) is 2.10. The lowest BCUT2D eigenvalue weighted by Crippen LogP contribution is -2.03.